The minimum atomic E-state index is -4.41. The smallest absolute Gasteiger partial charge is 0.264 e. The van der Waals surface area contributed by atoms with Gasteiger partial charge in [0, 0.05) is 35.5 Å². The van der Waals surface area contributed by atoms with Gasteiger partial charge in [-0.15, -0.1) is 0 Å². The SMILES string of the molecule is COc1ncc(C2=C(C)N3C(=O)CCN=C3C=C2)cc1NS(=O)(=O)c1ccc(F)cc1F. The van der Waals surface area contributed by atoms with Gasteiger partial charge in [-0.3, -0.25) is 19.4 Å². The Morgan fingerprint density at radius 3 is 2.69 bits per heavy atom. The summed E-state index contributed by atoms with van der Waals surface area (Å²) in [4.78, 5) is 21.6. The van der Waals surface area contributed by atoms with E-state index >= 15 is 0 Å². The zero-order valence-electron chi connectivity index (χ0n) is 17.1. The van der Waals surface area contributed by atoms with Crippen molar-refractivity contribution in [2.45, 2.75) is 18.2 Å². The zero-order valence-corrected chi connectivity index (χ0v) is 17.9. The number of aliphatic imine (C=N–C) groups is 1. The summed E-state index contributed by atoms with van der Waals surface area (Å²) in [5, 5.41) is 0. The summed E-state index contributed by atoms with van der Waals surface area (Å²) < 4.78 is 60.1. The van der Waals surface area contributed by atoms with Crippen LogP contribution in [-0.4, -0.2) is 43.7 Å². The van der Waals surface area contributed by atoms with E-state index in [1.165, 1.54) is 24.3 Å². The Kier molecular flexibility index (Phi) is 5.51. The van der Waals surface area contributed by atoms with E-state index < -0.39 is 26.6 Å². The number of benzene rings is 1. The van der Waals surface area contributed by atoms with Gasteiger partial charge in [0.05, 0.1) is 13.7 Å². The van der Waals surface area contributed by atoms with Gasteiger partial charge < -0.3 is 4.74 Å². The van der Waals surface area contributed by atoms with Crippen LogP contribution in [0.4, 0.5) is 14.5 Å². The van der Waals surface area contributed by atoms with Crippen LogP contribution in [0.5, 0.6) is 5.88 Å². The van der Waals surface area contributed by atoms with Crippen molar-refractivity contribution >= 4 is 33.0 Å². The summed E-state index contributed by atoms with van der Waals surface area (Å²) in [6.07, 6.45) is 5.21. The van der Waals surface area contributed by atoms with Crippen molar-refractivity contribution in [1.82, 2.24) is 9.88 Å². The van der Waals surface area contributed by atoms with Crippen molar-refractivity contribution in [3.8, 4) is 5.88 Å². The van der Waals surface area contributed by atoms with Gasteiger partial charge in [-0.2, -0.15) is 0 Å². The number of aromatic nitrogens is 1. The fourth-order valence-corrected chi connectivity index (χ4v) is 4.60. The Labute approximate surface area is 183 Å². The van der Waals surface area contributed by atoms with Crippen LogP contribution < -0.4 is 9.46 Å². The van der Waals surface area contributed by atoms with E-state index in [-0.39, 0.29) is 23.9 Å². The Morgan fingerprint density at radius 2 is 1.97 bits per heavy atom. The molecule has 0 unspecified atom stereocenters. The monoisotopic (exact) mass is 460 g/mol. The quantitative estimate of drug-likeness (QED) is 0.739. The number of nitrogens with zero attached hydrogens (tertiary/aromatic N) is 3. The first-order valence-corrected chi connectivity index (χ1v) is 11.0. The summed E-state index contributed by atoms with van der Waals surface area (Å²) in [7, 11) is -3.11. The first kappa shape index (κ1) is 21.6. The van der Waals surface area contributed by atoms with Crippen molar-refractivity contribution in [2.75, 3.05) is 18.4 Å². The highest BCUT2D eigenvalue weighted by Gasteiger charge is 2.28. The number of allylic oxidation sites excluding steroid dienone is 3. The average molecular weight is 460 g/mol. The van der Waals surface area contributed by atoms with Gasteiger partial charge >= 0.3 is 0 Å². The van der Waals surface area contributed by atoms with Crippen LogP contribution in [0.3, 0.4) is 0 Å². The molecule has 2 aliphatic rings. The van der Waals surface area contributed by atoms with Crippen LogP contribution in [0, 0.1) is 11.6 Å². The van der Waals surface area contributed by atoms with Crippen LogP contribution in [0.2, 0.25) is 0 Å². The number of methoxy groups -OCH3 is 1. The third-order valence-corrected chi connectivity index (χ3v) is 6.38. The maximum absolute atomic E-state index is 14.1. The molecular formula is C21H18F2N4O4S. The van der Waals surface area contributed by atoms with E-state index in [2.05, 4.69) is 14.7 Å². The van der Waals surface area contributed by atoms with E-state index in [0.29, 0.717) is 35.3 Å². The maximum Gasteiger partial charge on any atom is 0.264 e. The Balaban J connectivity index is 1.75. The van der Waals surface area contributed by atoms with Crippen molar-refractivity contribution in [1.29, 1.82) is 0 Å². The van der Waals surface area contributed by atoms with Gasteiger partial charge in [-0.1, -0.05) is 0 Å². The lowest BCUT2D eigenvalue weighted by Crippen LogP contribution is -2.39. The minimum Gasteiger partial charge on any atom is -0.480 e. The van der Waals surface area contributed by atoms with E-state index in [0.717, 1.165) is 12.1 Å². The highest BCUT2D eigenvalue weighted by atomic mass is 32.2. The van der Waals surface area contributed by atoms with Gasteiger partial charge in [-0.05, 0) is 37.3 Å². The molecule has 8 nitrogen and oxygen atoms in total. The highest BCUT2D eigenvalue weighted by Crippen LogP contribution is 2.33. The average Bonchev–Trinajstić information content (AvgIpc) is 2.73. The molecule has 1 aromatic heterocycles. The first-order chi connectivity index (χ1) is 15.2. The number of ether oxygens (including phenoxy) is 1. The number of nitrogens with one attached hydrogen (secondary N) is 1. The molecule has 0 saturated carbocycles. The number of amides is 1. The topological polar surface area (TPSA) is 101 Å². The number of hydrogen-bond acceptors (Lipinski definition) is 6. The maximum atomic E-state index is 14.1. The van der Waals surface area contributed by atoms with Gasteiger partial charge in [0.25, 0.3) is 10.0 Å². The minimum absolute atomic E-state index is 0.0470. The number of carbonyl (C=O) groups is 1. The van der Waals surface area contributed by atoms with Gasteiger partial charge in [0.1, 0.15) is 28.1 Å². The summed E-state index contributed by atoms with van der Waals surface area (Å²) in [5.41, 5.74) is 1.69. The van der Waals surface area contributed by atoms with E-state index in [4.69, 9.17) is 4.74 Å². The van der Waals surface area contributed by atoms with Crippen LogP contribution in [-0.2, 0) is 14.8 Å². The number of sulfonamides is 1. The molecule has 1 aromatic carbocycles. The highest BCUT2D eigenvalue weighted by molar-refractivity contribution is 7.92. The second-order valence-corrected chi connectivity index (χ2v) is 8.66. The van der Waals surface area contributed by atoms with Crippen LogP contribution in [0.1, 0.15) is 18.9 Å². The Hall–Kier alpha value is -3.60. The van der Waals surface area contributed by atoms with Crippen molar-refractivity contribution < 1.29 is 26.7 Å². The summed E-state index contributed by atoms with van der Waals surface area (Å²) in [6, 6.07) is 3.62. The number of halogens is 2. The predicted octanol–water partition coefficient (Wildman–Crippen LogP) is 3.10. The Morgan fingerprint density at radius 1 is 1.19 bits per heavy atom. The number of pyridine rings is 1. The second-order valence-electron chi connectivity index (χ2n) is 7.01. The van der Waals surface area contributed by atoms with Crippen molar-refractivity contribution in [2.24, 2.45) is 4.99 Å². The third kappa shape index (κ3) is 3.86. The lowest BCUT2D eigenvalue weighted by Gasteiger charge is -2.31. The van der Waals surface area contributed by atoms with Crippen molar-refractivity contribution in [3.63, 3.8) is 0 Å². The van der Waals surface area contributed by atoms with Crippen molar-refractivity contribution in [3.05, 3.63) is 65.5 Å². The number of fused-ring (bicyclic) bond motifs is 1. The lowest BCUT2D eigenvalue weighted by atomic mass is 10.0. The molecule has 0 aliphatic carbocycles. The molecule has 166 valence electrons. The molecule has 32 heavy (non-hydrogen) atoms. The molecule has 0 fully saturated rings. The molecule has 11 heteroatoms. The summed E-state index contributed by atoms with van der Waals surface area (Å²) >= 11 is 0. The third-order valence-electron chi connectivity index (χ3n) is 4.99. The van der Waals surface area contributed by atoms with Gasteiger partial charge in [0.15, 0.2) is 0 Å². The molecule has 0 bridgehead atoms. The van der Waals surface area contributed by atoms with Gasteiger partial charge in [-0.25, -0.2) is 22.2 Å². The number of carbonyl (C=O) groups excluding carboxylic acids is 1. The molecule has 4 rings (SSSR count). The van der Waals surface area contributed by atoms with Crippen LogP contribution in [0.15, 0.2) is 58.2 Å². The van der Waals surface area contributed by atoms with Crippen LogP contribution in [0.25, 0.3) is 5.57 Å². The summed E-state index contributed by atoms with van der Waals surface area (Å²) in [5.74, 6) is -1.73. The summed E-state index contributed by atoms with van der Waals surface area (Å²) in [6.45, 7) is 2.17. The van der Waals surface area contributed by atoms with Gasteiger partial charge in [0.2, 0.25) is 11.8 Å². The van der Waals surface area contributed by atoms with Crippen LogP contribution >= 0.6 is 0 Å². The lowest BCUT2D eigenvalue weighted by molar-refractivity contribution is -0.126. The molecule has 0 spiro atoms. The molecule has 2 aromatic rings. The van der Waals surface area contributed by atoms with E-state index in [1.807, 2.05) is 0 Å². The fraction of sp³-hybridized carbons (Fsp3) is 0.190. The number of amidine groups is 1. The Bertz CT molecular complexity index is 1320. The van der Waals surface area contributed by atoms with E-state index in [9.17, 15) is 22.0 Å². The van der Waals surface area contributed by atoms with E-state index in [1.54, 1.807) is 19.1 Å². The predicted molar refractivity (Wildman–Crippen MR) is 113 cm³/mol. The molecule has 2 aliphatic heterocycles. The molecule has 1 N–H and O–H groups in total. The normalized spacial score (nSPS) is 16.1. The molecular weight excluding hydrogens is 442 g/mol. The standard InChI is InChI=1S/C21H18F2N4O4S/c1-12-15(4-6-19-24-8-7-20(28)27(12)19)13-9-17(21(31-2)25-11-13)26-32(29,30)18-5-3-14(22)10-16(18)23/h3-6,9-11,26H,7-8H2,1-2H3. The molecule has 3 heterocycles. The largest absolute Gasteiger partial charge is 0.480 e. The zero-order chi connectivity index (χ0) is 23.0. The number of anilines is 1. The second kappa shape index (κ2) is 8.15. The molecule has 0 saturated heterocycles. The fourth-order valence-electron chi connectivity index (χ4n) is 3.49. The molecule has 0 atom stereocenters. The number of rotatable bonds is 5. The first-order valence-electron chi connectivity index (χ1n) is 9.50. The molecule has 1 amide bonds. The number of hydrogen-bond donors (Lipinski definition) is 1. The molecule has 0 radical (unpaired) electrons.